The van der Waals surface area contributed by atoms with Gasteiger partial charge in [-0.15, -0.1) is 0 Å². The summed E-state index contributed by atoms with van der Waals surface area (Å²) >= 11 is 0. The summed E-state index contributed by atoms with van der Waals surface area (Å²) in [6.07, 6.45) is 7.31. The molecule has 0 saturated carbocycles. The van der Waals surface area contributed by atoms with Crippen molar-refractivity contribution in [1.82, 2.24) is 14.0 Å². The molecule has 0 aliphatic carbocycles. The third-order valence-electron chi connectivity index (χ3n) is 4.88. The van der Waals surface area contributed by atoms with Crippen molar-refractivity contribution in [3.63, 3.8) is 0 Å². The summed E-state index contributed by atoms with van der Waals surface area (Å²) in [5.41, 5.74) is 7.75. The number of benzene rings is 1. The molecule has 7 heteroatoms. The Balaban J connectivity index is 1.86. The molecule has 1 unspecified atom stereocenters. The van der Waals surface area contributed by atoms with Gasteiger partial charge in [0.1, 0.15) is 5.82 Å². The van der Waals surface area contributed by atoms with E-state index in [1.165, 1.54) is 0 Å². The fourth-order valence-electron chi connectivity index (χ4n) is 3.56. The average molecular weight is 348 g/mol. The molecule has 3 heterocycles. The fraction of sp³-hybridized carbons (Fsp3) is 0.316. The van der Waals surface area contributed by atoms with E-state index in [-0.39, 0.29) is 11.6 Å². The van der Waals surface area contributed by atoms with Gasteiger partial charge in [0.05, 0.1) is 24.4 Å². The minimum absolute atomic E-state index is 0.0946. The predicted molar refractivity (Wildman–Crippen MR) is 99.1 cm³/mol. The Bertz CT molecular complexity index is 1040. The number of hydrogen-bond donors (Lipinski definition) is 1. The number of nitrogens with zero attached hydrogens (tertiary/aromatic N) is 5. The van der Waals surface area contributed by atoms with Crippen molar-refractivity contribution in [2.24, 2.45) is 5.73 Å². The van der Waals surface area contributed by atoms with Gasteiger partial charge in [-0.1, -0.05) is 18.2 Å². The van der Waals surface area contributed by atoms with E-state index in [2.05, 4.69) is 16.0 Å². The van der Waals surface area contributed by atoms with Crippen molar-refractivity contribution in [3.05, 3.63) is 64.3 Å². The first-order chi connectivity index (χ1) is 12.7. The van der Waals surface area contributed by atoms with Crippen molar-refractivity contribution in [2.45, 2.75) is 25.4 Å². The lowest BCUT2D eigenvalue weighted by Gasteiger charge is -2.34. The molecule has 1 fully saturated rings. The molecule has 2 N–H and O–H groups in total. The fourth-order valence-corrected chi connectivity index (χ4v) is 3.56. The zero-order chi connectivity index (χ0) is 18.1. The number of fused-ring (bicyclic) bond motifs is 1. The summed E-state index contributed by atoms with van der Waals surface area (Å²) in [4.78, 5) is 19.4. The summed E-state index contributed by atoms with van der Waals surface area (Å²) < 4.78 is 3.46. The third kappa shape index (κ3) is 2.85. The van der Waals surface area contributed by atoms with Gasteiger partial charge < -0.3 is 10.6 Å². The van der Waals surface area contributed by atoms with E-state index >= 15 is 0 Å². The van der Waals surface area contributed by atoms with Gasteiger partial charge in [0.25, 0.3) is 5.56 Å². The summed E-state index contributed by atoms with van der Waals surface area (Å²) in [6, 6.07) is 9.66. The van der Waals surface area contributed by atoms with Crippen LogP contribution in [-0.4, -0.2) is 33.1 Å². The van der Waals surface area contributed by atoms with Gasteiger partial charge in [0, 0.05) is 31.5 Å². The Labute approximate surface area is 150 Å². The highest BCUT2D eigenvalue weighted by atomic mass is 16.1. The maximum Gasteiger partial charge on any atom is 0.296 e. The first kappa shape index (κ1) is 16.4. The van der Waals surface area contributed by atoms with Gasteiger partial charge in [0.2, 0.25) is 5.65 Å². The molecule has 2 aromatic heterocycles. The minimum Gasteiger partial charge on any atom is -0.355 e. The number of hydrogen-bond acceptors (Lipinski definition) is 5. The highest BCUT2D eigenvalue weighted by Gasteiger charge is 2.22. The molecule has 132 valence electrons. The Morgan fingerprint density at radius 1 is 1.35 bits per heavy atom. The molecule has 0 radical (unpaired) electrons. The van der Waals surface area contributed by atoms with Crippen molar-refractivity contribution in [3.8, 4) is 6.07 Å². The standard InChI is InChI=1S/C19H20N6O/c20-10-14-4-1-2-5-15(14)11-25-17(23-8-3-6-16(21)12-23)13-24-9-7-22-18(24)19(25)26/h1-2,4-5,7,9,13,16H,3,6,8,11-12,21H2. The first-order valence-electron chi connectivity index (χ1n) is 8.72. The summed E-state index contributed by atoms with van der Waals surface area (Å²) in [7, 11) is 0. The van der Waals surface area contributed by atoms with Crippen molar-refractivity contribution in [2.75, 3.05) is 18.0 Å². The maximum absolute atomic E-state index is 13.1. The topological polar surface area (TPSA) is 92.3 Å². The van der Waals surface area contributed by atoms with Gasteiger partial charge in [0.15, 0.2) is 0 Å². The molecule has 1 saturated heterocycles. The summed E-state index contributed by atoms with van der Waals surface area (Å²) in [6.45, 7) is 1.89. The number of aromatic nitrogens is 3. The molecule has 0 amide bonds. The van der Waals surface area contributed by atoms with E-state index in [1.807, 2.05) is 24.4 Å². The van der Waals surface area contributed by atoms with Crippen molar-refractivity contribution >= 4 is 11.5 Å². The molecule has 1 aromatic carbocycles. The van der Waals surface area contributed by atoms with Gasteiger partial charge >= 0.3 is 0 Å². The number of piperidine rings is 1. The quantitative estimate of drug-likeness (QED) is 0.771. The lowest BCUT2D eigenvalue weighted by molar-refractivity contribution is 0.495. The molecule has 7 nitrogen and oxygen atoms in total. The lowest BCUT2D eigenvalue weighted by Crippen LogP contribution is -2.45. The Morgan fingerprint density at radius 3 is 3.00 bits per heavy atom. The maximum atomic E-state index is 13.1. The molecular formula is C19H20N6O. The number of nitrogens with two attached hydrogens (primary N) is 1. The van der Waals surface area contributed by atoms with Crippen LogP contribution in [0.3, 0.4) is 0 Å². The van der Waals surface area contributed by atoms with Crippen LogP contribution in [-0.2, 0) is 6.54 Å². The van der Waals surface area contributed by atoms with Crippen molar-refractivity contribution in [1.29, 1.82) is 5.26 Å². The van der Waals surface area contributed by atoms with Crippen LogP contribution in [0.4, 0.5) is 5.82 Å². The monoisotopic (exact) mass is 348 g/mol. The Morgan fingerprint density at radius 2 is 2.19 bits per heavy atom. The number of rotatable bonds is 3. The van der Waals surface area contributed by atoms with Gasteiger partial charge in [-0.05, 0) is 24.5 Å². The largest absolute Gasteiger partial charge is 0.355 e. The lowest BCUT2D eigenvalue weighted by atomic mass is 10.1. The van der Waals surface area contributed by atoms with E-state index in [1.54, 1.807) is 27.4 Å². The van der Waals surface area contributed by atoms with Crippen LogP contribution in [0.5, 0.6) is 0 Å². The van der Waals surface area contributed by atoms with Crippen LogP contribution in [0.2, 0.25) is 0 Å². The van der Waals surface area contributed by atoms with Crippen LogP contribution in [0.25, 0.3) is 5.65 Å². The summed E-state index contributed by atoms with van der Waals surface area (Å²) in [5.74, 6) is 0.809. The SMILES string of the molecule is N#Cc1ccccc1Cn1c(N2CCCC(N)C2)cn2ccnc2c1=O. The van der Waals surface area contributed by atoms with Gasteiger partial charge in [-0.3, -0.25) is 13.8 Å². The second-order valence-corrected chi connectivity index (χ2v) is 6.65. The van der Waals surface area contributed by atoms with E-state index < -0.39 is 0 Å². The van der Waals surface area contributed by atoms with E-state index in [4.69, 9.17) is 5.73 Å². The Hall–Kier alpha value is -3.11. The highest BCUT2D eigenvalue weighted by Crippen LogP contribution is 2.20. The van der Waals surface area contributed by atoms with Gasteiger partial charge in [-0.25, -0.2) is 4.98 Å². The van der Waals surface area contributed by atoms with Crippen LogP contribution in [0.1, 0.15) is 24.0 Å². The molecule has 3 aromatic rings. The smallest absolute Gasteiger partial charge is 0.296 e. The molecular weight excluding hydrogens is 328 g/mol. The molecule has 1 atom stereocenters. The minimum atomic E-state index is -0.167. The van der Waals surface area contributed by atoms with Crippen LogP contribution >= 0.6 is 0 Å². The van der Waals surface area contributed by atoms with Crippen LogP contribution in [0.15, 0.2) is 47.7 Å². The average Bonchev–Trinajstić information content (AvgIpc) is 3.13. The predicted octanol–water partition coefficient (Wildman–Crippen LogP) is 1.34. The molecule has 26 heavy (non-hydrogen) atoms. The zero-order valence-electron chi connectivity index (χ0n) is 14.4. The second kappa shape index (κ2) is 6.65. The molecule has 0 bridgehead atoms. The van der Waals surface area contributed by atoms with Gasteiger partial charge in [-0.2, -0.15) is 5.26 Å². The second-order valence-electron chi connectivity index (χ2n) is 6.65. The van der Waals surface area contributed by atoms with Crippen LogP contribution < -0.4 is 16.2 Å². The van der Waals surface area contributed by atoms with Crippen LogP contribution in [0, 0.1) is 11.3 Å². The van der Waals surface area contributed by atoms with Crippen molar-refractivity contribution < 1.29 is 0 Å². The number of imidazole rings is 1. The van der Waals surface area contributed by atoms with E-state index in [9.17, 15) is 10.1 Å². The molecule has 1 aliphatic heterocycles. The van der Waals surface area contributed by atoms with E-state index in [0.717, 1.165) is 30.8 Å². The summed E-state index contributed by atoms with van der Waals surface area (Å²) in [5, 5.41) is 9.38. The third-order valence-corrected chi connectivity index (χ3v) is 4.88. The molecule has 0 spiro atoms. The molecule has 4 rings (SSSR count). The number of anilines is 1. The number of nitriles is 1. The highest BCUT2D eigenvalue weighted by molar-refractivity contribution is 5.48. The normalized spacial score (nSPS) is 17.4. The zero-order valence-corrected chi connectivity index (χ0v) is 14.4. The first-order valence-corrected chi connectivity index (χ1v) is 8.72. The Kier molecular flexibility index (Phi) is 4.19. The van der Waals surface area contributed by atoms with E-state index in [0.29, 0.717) is 24.3 Å². The molecule has 1 aliphatic rings.